The van der Waals surface area contributed by atoms with Crippen molar-refractivity contribution < 1.29 is 4.79 Å². The predicted octanol–water partition coefficient (Wildman–Crippen LogP) is 0.203. The molecule has 0 saturated heterocycles. The van der Waals surface area contributed by atoms with E-state index in [1.807, 2.05) is 19.2 Å². The minimum atomic E-state index is 0.500. The number of rotatable bonds is 5. The molecular weight excluding hydrogens is 116 g/mol. The summed E-state index contributed by atoms with van der Waals surface area (Å²) >= 11 is 0. The summed E-state index contributed by atoms with van der Waals surface area (Å²) in [5, 5.41) is 5.33. The van der Waals surface area contributed by atoms with Crippen molar-refractivity contribution in [1.82, 2.24) is 10.6 Å². The van der Waals surface area contributed by atoms with Gasteiger partial charge in [0.25, 0.3) is 0 Å². The molecule has 0 radical (unpaired) electrons. The van der Waals surface area contributed by atoms with Crippen LogP contribution in [-0.4, -0.2) is 13.1 Å². The lowest BCUT2D eigenvalue weighted by Crippen LogP contribution is -2.23. The SMILES string of the molecule is CC/C=C/NCNC=O. The second-order valence-corrected chi connectivity index (χ2v) is 1.51. The van der Waals surface area contributed by atoms with Crippen LogP contribution in [0.1, 0.15) is 13.3 Å². The molecule has 0 rings (SSSR count). The average Bonchev–Trinajstić information content (AvgIpc) is 1.89. The zero-order valence-electron chi connectivity index (χ0n) is 5.55. The molecule has 0 aliphatic carbocycles. The first-order valence-corrected chi connectivity index (χ1v) is 2.97. The normalized spacial score (nSPS) is 9.44. The maximum absolute atomic E-state index is 9.66. The van der Waals surface area contributed by atoms with Gasteiger partial charge in [-0.15, -0.1) is 0 Å². The molecule has 9 heavy (non-hydrogen) atoms. The molecular formula is C6H12N2O. The van der Waals surface area contributed by atoms with E-state index in [9.17, 15) is 4.79 Å². The van der Waals surface area contributed by atoms with Crippen molar-refractivity contribution in [3.05, 3.63) is 12.3 Å². The monoisotopic (exact) mass is 128 g/mol. The fourth-order valence-electron chi connectivity index (χ4n) is 0.361. The van der Waals surface area contributed by atoms with Crippen LogP contribution in [0.3, 0.4) is 0 Å². The summed E-state index contributed by atoms with van der Waals surface area (Å²) in [5.41, 5.74) is 0. The Morgan fingerprint density at radius 1 is 1.44 bits per heavy atom. The largest absolute Gasteiger partial charge is 0.374 e. The lowest BCUT2D eigenvalue weighted by atomic mass is 10.5. The quantitative estimate of drug-likeness (QED) is 0.315. The molecule has 1 amide bonds. The van der Waals surface area contributed by atoms with Gasteiger partial charge in [-0.1, -0.05) is 13.0 Å². The summed E-state index contributed by atoms with van der Waals surface area (Å²) in [7, 11) is 0. The molecule has 3 nitrogen and oxygen atoms in total. The van der Waals surface area contributed by atoms with Gasteiger partial charge in [-0.25, -0.2) is 0 Å². The Morgan fingerprint density at radius 3 is 2.78 bits per heavy atom. The van der Waals surface area contributed by atoms with Crippen molar-refractivity contribution in [1.29, 1.82) is 0 Å². The highest BCUT2D eigenvalue weighted by molar-refractivity contribution is 5.45. The molecule has 0 aliphatic rings. The van der Waals surface area contributed by atoms with E-state index in [2.05, 4.69) is 10.6 Å². The third-order valence-corrected chi connectivity index (χ3v) is 0.759. The van der Waals surface area contributed by atoms with E-state index in [1.165, 1.54) is 0 Å². The Balaban J connectivity index is 2.90. The highest BCUT2D eigenvalue weighted by atomic mass is 16.1. The second kappa shape index (κ2) is 7.01. The molecule has 0 aliphatic heterocycles. The van der Waals surface area contributed by atoms with Crippen LogP contribution in [0, 0.1) is 0 Å². The van der Waals surface area contributed by atoms with Crippen LogP contribution < -0.4 is 10.6 Å². The van der Waals surface area contributed by atoms with E-state index in [1.54, 1.807) is 0 Å². The van der Waals surface area contributed by atoms with Crippen molar-refractivity contribution in [2.24, 2.45) is 0 Å². The summed E-state index contributed by atoms with van der Waals surface area (Å²) in [4.78, 5) is 9.66. The molecule has 0 unspecified atom stereocenters. The zero-order valence-corrected chi connectivity index (χ0v) is 5.55. The van der Waals surface area contributed by atoms with Crippen LogP contribution >= 0.6 is 0 Å². The van der Waals surface area contributed by atoms with E-state index in [4.69, 9.17) is 0 Å². The summed E-state index contributed by atoms with van der Waals surface area (Å²) < 4.78 is 0. The Hall–Kier alpha value is -0.990. The van der Waals surface area contributed by atoms with Crippen molar-refractivity contribution >= 4 is 6.41 Å². The fraction of sp³-hybridized carbons (Fsp3) is 0.500. The van der Waals surface area contributed by atoms with E-state index in [0.717, 1.165) is 6.42 Å². The van der Waals surface area contributed by atoms with Crippen molar-refractivity contribution in [3.8, 4) is 0 Å². The van der Waals surface area contributed by atoms with Gasteiger partial charge in [-0.05, 0) is 12.6 Å². The highest BCUT2D eigenvalue weighted by Crippen LogP contribution is 1.73. The second-order valence-electron chi connectivity index (χ2n) is 1.51. The van der Waals surface area contributed by atoms with Crippen molar-refractivity contribution in [3.63, 3.8) is 0 Å². The van der Waals surface area contributed by atoms with Gasteiger partial charge in [0.2, 0.25) is 6.41 Å². The van der Waals surface area contributed by atoms with Gasteiger partial charge in [0.15, 0.2) is 0 Å². The highest BCUT2D eigenvalue weighted by Gasteiger charge is 1.71. The van der Waals surface area contributed by atoms with Crippen LogP contribution in [0.5, 0.6) is 0 Å². The molecule has 3 heteroatoms. The number of hydrogen-bond acceptors (Lipinski definition) is 2. The van der Waals surface area contributed by atoms with E-state index < -0.39 is 0 Å². The van der Waals surface area contributed by atoms with Crippen LogP contribution in [-0.2, 0) is 4.79 Å². The zero-order chi connectivity index (χ0) is 6.95. The topological polar surface area (TPSA) is 41.1 Å². The van der Waals surface area contributed by atoms with Crippen LogP contribution in [0.25, 0.3) is 0 Å². The molecule has 0 aromatic carbocycles. The third-order valence-electron chi connectivity index (χ3n) is 0.759. The van der Waals surface area contributed by atoms with Gasteiger partial charge in [0.05, 0.1) is 6.67 Å². The lowest BCUT2D eigenvalue weighted by molar-refractivity contribution is -0.109. The molecule has 0 aromatic heterocycles. The number of carbonyl (C=O) groups excluding carboxylic acids is 1. The fourth-order valence-corrected chi connectivity index (χ4v) is 0.361. The van der Waals surface area contributed by atoms with Crippen LogP contribution in [0.2, 0.25) is 0 Å². The van der Waals surface area contributed by atoms with Crippen molar-refractivity contribution in [2.45, 2.75) is 13.3 Å². The van der Waals surface area contributed by atoms with Gasteiger partial charge < -0.3 is 10.6 Å². The van der Waals surface area contributed by atoms with Crippen molar-refractivity contribution in [2.75, 3.05) is 6.67 Å². The average molecular weight is 128 g/mol. The standard InChI is InChI=1S/C6H12N2O/c1-2-3-4-7-5-8-6-9/h3-4,6-7H,2,5H2,1H3,(H,8,9)/b4-3+. The molecule has 0 atom stereocenters. The molecule has 0 heterocycles. The number of nitrogens with one attached hydrogen (secondary N) is 2. The maximum atomic E-state index is 9.66. The summed E-state index contributed by atoms with van der Waals surface area (Å²) in [6.45, 7) is 2.55. The maximum Gasteiger partial charge on any atom is 0.208 e. The first-order chi connectivity index (χ1) is 4.41. The molecule has 2 N–H and O–H groups in total. The van der Waals surface area contributed by atoms with Crippen LogP contribution in [0.15, 0.2) is 12.3 Å². The Morgan fingerprint density at radius 2 is 2.22 bits per heavy atom. The minimum absolute atomic E-state index is 0.500. The first kappa shape index (κ1) is 8.01. The van der Waals surface area contributed by atoms with Crippen LogP contribution in [0.4, 0.5) is 0 Å². The lowest BCUT2D eigenvalue weighted by Gasteiger charge is -1.95. The summed E-state index contributed by atoms with van der Waals surface area (Å²) in [6.07, 6.45) is 5.46. The van der Waals surface area contributed by atoms with E-state index in [-0.39, 0.29) is 0 Å². The van der Waals surface area contributed by atoms with E-state index >= 15 is 0 Å². The molecule has 0 fully saturated rings. The van der Waals surface area contributed by atoms with Gasteiger partial charge in [-0.2, -0.15) is 0 Å². The number of allylic oxidation sites excluding steroid dienone is 1. The molecule has 0 saturated carbocycles. The molecule has 0 aromatic rings. The van der Waals surface area contributed by atoms with Gasteiger partial charge >= 0.3 is 0 Å². The Kier molecular flexibility index (Phi) is 6.24. The van der Waals surface area contributed by atoms with Gasteiger partial charge in [-0.3, -0.25) is 4.79 Å². The van der Waals surface area contributed by atoms with E-state index in [0.29, 0.717) is 13.1 Å². The predicted molar refractivity (Wildman–Crippen MR) is 36.6 cm³/mol. The number of carbonyl (C=O) groups is 1. The Labute approximate surface area is 55.1 Å². The minimum Gasteiger partial charge on any atom is -0.374 e. The molecule has 0 spiro atoms. The number of hydrogen-bond donors (Lipinski definition) is 2. The van der Waals surface area contributed by atoms with Gasteiger partial charge in [0.1, 0.15) is 0 Å². The third kappa shape index (κ3) is 7.01. The smallest absolute Gasteiger partial charge is 0.208 e. The molecule has 0 bridgehead atoms. The first-order valence-electron chi connectivity index (χ1n) is 2.97. The summed E-state index contributed by atoms with van der Waals surface area (Å²) in [6, 6.07) is 0. The van der Waals surface area contributed by atoms with Gasteiger partial charge in [0, 0.05) is 0 Å². The number of amides is 1. The Bertz CT molecular complexity index is 91.1. The molecule has 52 valence electrons. The summed E-state index contributed by atoms with van der Waals surface area (Å²) in [5.74, 6) is 0.